The summed E-state index contributed by atoms with van der Waals surface area (Å²) in [4.78, 5) is 3.61. The first-order valence-electron chi connectivity index (χ1n) is 14.6. The van der Waals surface area contributed by atoms with E-state index < -0.39 is 5.79 Å². The molecule has 1 aliphatic heterocycles. The van der Waals surface area contributed by atoms with E-state index >= 15 is 0 Å². The van der Waals surface area contributed by atoms with Crippen LogP contribution in [0.25, 0.3) is 0 Å². The second kappa shape index (κ2) is 9.28. The fourth-order valence-electron chi connectivity index (χ4n) is 8.86. The molecule has 1 saturated heterocycles. The quantitative estimate of drug-likeness (QED) is 0.339. The maximum Gasteiger partial charge on any atom is 0.172 e. The summed E-state index contributed by atoms with van der Waals surface area (Å²) in [5.74, 6) is 1.95. The first kappa shape index (κ1) is 26.2. The third-order valence-electron chi connectivity index (χ3n) is 10.9. The van der Waals surface area contributed by atoms with Crippen LogP contribution in [0.2, 0.25) is 0 Å². The normalized spacial score (nSPS) is 38.2. The highest BCUT2D eigenvalue weighted by atomic mass is 32.2. The van der Waals surface area contributed by atoms with Crippen molar-refractivity contribution in [3.8, 4) is 0 Å². The van der Waals surface area contributed by atoms with Gasteiger partial charge in [0.1, 0.15) is 0 Å². The number of anilines is 1. The Morgan fingerprint density at radius 3 is 2.49 bits per heavy atom. The van der Waals surface area contributed by atoms with E-state index in [9.17, 15) is 5.11 Å². The van der Waals surface area contributed by atoms with Crippen LogP contribution in [0.1, 0.15) is 83.6 Å². The number of aliphatic hydroxyl groups excluding tert-OH is 1. The van der Waals surface area contributed by atoms with Crippen molar-refractivity contribution in [3.05, 3.63) is 34.9 Å². The van der Waals surface area contributed by atoms with E-state index in [0.717, 1.165) is 45.3 Å². The molecule has 3 fully saturated rings. The fraction of sp³-hybridized carbons (Fsp3) is 0.750. The van der Waals surface area contributed by atoms with E-state index in [1.54, 1.807) is 11.1 Å². The number of nitrogens with zero attached hydrogens (tertiary/aromatic N) is 1. The van der Waals surface area contributed by atoms with E-state index in [-0.39, 0.29) is 16.9 Å². The minimum absolute atomic E-state index is 0.0247. The molecule has 204 valence electrons. The lowest BCUT2D eigenvalue weighted by atomic mass is 9.49. The Hall–Kier alpha value is -1.01. The van der Waals surface area contributed by atoms with Gasteiger partial charge in [0, 0.05) is 42.9 Å². The highest BCUT2D eigenvalue weighted by Crippen LogP contribution is 2.66. The maximum absolute atomic E-state index is 11.3. The van der Waals surface area contributed by atoms with E-state index in [1.807, 2.05) is 11.8 Å². The number of aliphatic hydroxyl groups is 1. The number of ether oxygens (including phenoxy) is 2. The van der Waals surface area contributed by atoms with E-state index in [2.05, 4.69) is 64.2 Å². The van der Waals surface area contributed by atoms with Crippen LogP contribution in [-0.4, -0.2) is 50.6 Å². The Kier molecular flexibility index (Phi) is 6.58. The van der Waals surface area contributed by atoms with Gasteiger partial charge in [-0.2, -0.15) is 0 Å². The minimum atomic E-state index is -0.402. The molecule has 1 heterocycles. The molecule has 1 spiro atoms. The Balaban J connectivity index is 1.40. The molecule has 0 amide bonds. The van der Waals surface area contributed by atoms with Gasteiger partial charge in [-0.1, -0.05) is 38.0 Å². The Morgan fingerprint density at radius 1 is 1.03 bits per heavy atom. The number of allylic oxidation sites excluding steroid dienone is 1. The van der Waals surface area contributed by atoms with Gasteiger partial charge >= 0.3 is 0 Å². The zero-order valence-corrected chi connectivity index (χ0v) is 24.6. The van der Waals surface area contributed by atoms with Crippen molar-refractivity contribution < 1.29 is 14.6 Å². The van der Waals surface area contributed by atoms with Crippen LogP contribution in [0.3, 0.4) is 0 Å². The summed E-state index contributed by atoms with van der Waals surface area (Å²) >= 11 is 1.89. The molecule has 0 bridgehead atoms. The van der Waals surface area contributed by atoms with Gasteiger partial charge in [0.2, 0.25) is 0 Å². The van der Waals surface area contributed by atoms with Crippen LogP contribution in [0.5, 0.6) is 0 Å². The van der Waals surface area contributed by atoms with Crippen molar-refractivity contribution >= 4 is 17.4 Å². The predicted molar refractivity (Wildman–Crippen MR) is 152 cm³/mol. The van der Waals surface area contributed by atoms with Crippen molar-refractivity contribution in [1.29, 1.82) is 0 Å². The van der Waals surface area contributed by atoms with Crippen molar-refractivity contribution in [3.63, 3.8) is 0 Å². The average Bonchev–Trinajstić information content (AvgIpc) is 3.18. The van der Waals surface area contributed by atoms with Gasteiger partial charge in [-0.05, 0) is 91.6 Å². The first-order valence-corrected chi connectivity index (χ1v) is 15.8. The molecule has 4 nitrogen and oxygen atoms in total. The number of fused-ring (bicyclic) bond motifs is 4. The SMILES string of the molecule is CSc1cc(N(C)C)ccc1[C@H]1C[C@]2(C)[C@@H](O)CC[C@H]2[C@@H]2CCC3=C(CCC4(C3)OCC(C)(C)CO4)[C@H]21. The lowest BCUT2D eigenvalue weighted by molar-refractivity contribution is -0.303. The smallest absolute Gasteiger partial charge is 0.172 e. The van der Waals surface area contributed by atoms with E-state index in [4.69, 9.17) is 9.47 Å². The van der Waals surface area contributed by atoms with E-state index in [0.29, 0.717) is 23.7 Å². The number of rotatable bonds is 3. The Bertz CT molecular complexity index is 1070. The molecule has 1 aromatic carbocycles. The van der Waals surface area contributed by atoms with Gasteiger partial charge in [-0.15, -0.1) is 11.8 Å². The van der Waals surface area contributed by atoms with Crippen molar-refractivity contribution in [1.82, 2.24) is 0 Å². The summed E-state index contributed by atoms with van der Waals surface area (Å²) in [6, 6.07) is 7.11. The van der Waals surface area contributed by atoms with Gasteiger partial charge in [0.05, 0.1) is 19.3 Å². The van der Waals surface area contributed by atoms with Crippen LogP contribution in [0.15, 0.2) is 34.2 Å². The maximum atomic E-state index is 11.3. The summed E-state index contributed by atoms with van der Waals surface area (Å²) in [5.41, 5.74) is 6.27. The van der Waals surface area contributed by atoms with Crippen LogP contribution in [0.4, 0.5) is 5.69 Å². The number of hydrogen-bond donors (Lipinski definition) is 1. The molecule has 1 aromatic rings. The zero-order chi connectivity index (χ0) is 26.2. The molecule has 2 saturated carbocycles. The highest BCUT2D eigenvalue weighted by molar-refractivity contribution is 7.98. The van der Waals surface area contributed by atoms with Crippen LogP contribution >= 0.6 is 11.8 Å². The summed E-state index contributed by atoms with van der Waals surface area (Å²) in [7, 11) is 4.26. The topological polar surface area (TPSA) is 41.9 Å². The molecule has 0 aromatic heterocycles. The van der Waals surface area contributed by atoms with Gasteiger partial charge in [-0.25, -0.2) is 0 Å². The number of hydrogen-bond acceptors (Lipinski definition) is 5. The van der Waals surface area contributed by atoms with Crippen LogP contribution < -0.4 is 4.90 Å². The second-order valence-electron chi connectivity index (χ2n) is 14.0. The third kappa shape index (κ3) is 4.31. The van der Waals surface area contributed by atoms with E-state index in [1.165, 1.54) is 35.4 Å². The minimum Gasteiger partial charge on any atom is -0.393 e. The predicted octanol–water partition coefficient (Wildman–Crippen LogP) is 7.02. The summed E-state index contributed by atoms with van der Waals surface area (Å²) < 4.78 is 13.0. The first-order chi connectivity index (χ1) is 17.6. The molecule has 37 heavy (non-hydrogen) atoms. The molecule has 6 atom stereocenters. The van der Waals surface area contributed by atoms with Crippen LogP contribution in [0, 0.1) is 28.6 Å². The third-order valence-corrected chi connectivity index (χ3v) is 11.7. The van der Waals surface area contributed by atoms with Gasteiger partial charge in [0.15, 0.2) is 5.79 Å². The van der Waals surface area contributed by atoms with Crippen molar-refractivity contribution in [2.24, 2.45) is 28.6 Å². The van der Waals surface area contributed by atoms with Gasteiger partial charge in [0.25, 0.3) is 0 Å². The molecule has 6 rings (SSSR count). The molecule has 5 heteroatoms. The number of benzene rings is 1. The molecule has 4 aliphatic carbocycles. The lowest BCUT2D eigenvalue weighted by Gasteiger charge is -2.56. The number of thioether (sulfide) groups is 1. The molecule has 1 N–H and O–H groups in total. The molecular formula is C32H47NO3S. The second-order valence-corrected chi connectivity index (χ2v) is 14.9. The van der Waals surface area contributed by atoms with Gasteiger partial charge < -0.3 is 19.5 Å². The standard InChI is InChI=1S/C32H47NO3S/c1-30(2)18-35-32(36-19-30)14-13-22-20(16-32)7-9-24-26-11-12-28(34)31(26,3)17-25(29(22)24)23-10-8-21(33(4)5)15-27(23)37-6/h8,10,15,24-26,28-29,34H,7,9,11-14,16-19H2,1-6H3/t24-,25+,26-,28-,29+,31-/m0/s1. The Morgan fingerprint density at radius 2 is 1.78 bits per heavy atom. The summed E-state index contributed by atoms with van der Waals surface area (Å²) in [5, 5.41) is 11.3. The van der Waals surface area contributed by atoms with Crippen molar-refractivity contribution in [2.75, 3.05) is 38.5 Å². The van der Waals surface area contributed by atoms with Gasteiger partial charge in [-0.3, -0.25) is 0 Å². The molecular weight excluding hydrogens is 478 g/mol. The molecule has 5 aliphatic rings. The van der Waals surface area contributed by atoms with Crippen LogP contribution in [-0.2, 0) is 9.47 Å². The highest BCUT2D eigenvalue weighted by Gasteiger charge is 2.59. The Labute approximate surface area is 228 Å². The average molecular weight is 526 g/mol. The summed E-state index contributed by atoms with van der Waals surface area (Å²) in [6.45, 7) is 8.47. The lowest BCUT2D eigenvalue weighted by Crippen LogP contribution is -2.52. The largest absolute Gasteiger partial charge is 0.393 e. The molecule has 0 radical (unpaired) electrons. The monoisotopic (exact) mass is 525 g/mol. The fourth-order valence-corrected chi connectivity index (χ4v) is 9.55. The molecule has 0 unspecified atom stereocenters. The van der Waals surface area contributed by atoms with Crippen molar-refractivity contribution in [2.45, 2.75) is 94.8 Å². The zero-order valence-electron chi connectivity index (χ0n) is 23.8. The summed E-state index contributed by atoms with van der Waals surface area (Å²) in [6.07, 6.45) is 10.8.